The molecule has 1 atom stereocenters. The van der Waals surface area contributed by atoms with Gasteiger partial charge in [-0.2, -0.15) is 0 Å². The number of methoxy groups -OCH3 is 2. The molecule has 0 saturated carbocycles. The van der Waals surface area contributed by atoms with Gasteiger partial charge in [-0.1, -0.05) is 12.1 Å². The highest BCUT2D eigenvalue weighted by atomic mass is 16.7. The number of hydrogen-bond donors (Lipinski definition) is 0. The van der Waals surface area contributed by atoms with Crippen molar-refractivity contribution in [1.29, 1.82) is 0 Å². The number of hydrogen-bond acceptors (Lipinski definition) is 5. The van der Waals surface area contributed by atoms with Crippen LogP contribution >= 0.6 is 0 Å². The number of benzene rings is 2. The van der Waals surface area contributed by atoms with Crippen LogP contribution in [0.1, 0.15) is 34.7 Å². The van der Waals surface area contributed by atoms with E-state index < -0.39 is 0 Å². The highest BCUT2D eigenvalue weighted by Crippen LogP contribution is 2.29. The van der Waals surface area contributed by atoms with Gasteiger partial charge in [0, 0.05) is 11.5 Å². The summed E-state index contributed by atoms with van der Waals surface area (Å²) in [5.41, 5.74) is 1.63. The van der Waals surface area contributed by atoms with E-state index in [1.165, 1.54) is 0 Å². The van der Waals surface area contributed by atoms with Crippen LogP contribution in [0, 0.1) is 0 Å². The fourth-order valence-corrected chi connectivity index (χ4v) is 3.12. The number of ether oxygens (including phenoxy) is 4. The van der Waals surface area contributed by atoms with Crippen molar-refractivity contribution in [2.24, 2.45) is 0 Å². The van der Waals surface area contributed by atoms with E-state index in [-0.39, 0.29) is 18.0 Å². The Morgan fingerprint density at radius 1 is 0.962 bits per heavy atom. The normalized spacial score (nSPS) is 15.6. The smallest absolute Gasteiger partial charge is 0.170 e. The maximum atomic E-state index is 13.2. The molecular weight excluding hydrogens is 332 g/mol. The second kappa shape index (κ2) is 8.83. The summed E-state index contributed by atoms with van der Waals surface area (Å²) in [5.74, 6) is 1.32. The summed E-state index contributed by atoms with van der Waals surface area (Å²) < 4.78 is 21.4. The first-order valence-corrected chi connectivity index (χ1v) is 8.76. The lowest BCUT2D eigenvalue weighted by Gasteiger charge is -2.19. The third kappa shape index (κ3) is 4.42. The van der Waals surface area contributed by atoms with E-state index >= 15 is 0 Å². The Morgan fingerprint density at radius 2 is 1.50 bits per heavy atom. The lowest BCUT2D eigenvalue weighted by molar-refractivity contribution is -0.0483. The zero-order valence-electron chi connectivity index (χ0n) is 15.1. The first kappa shape index (κ1) is 18.4. The van der Waals surface area contributed by atoms with Gasteiger partial charge in [0.1, 0.15) is 11.5 Å². The Morgan fingerprint density at radius 3 is 2.04 bits per heavy atom. The van der Waals surface area contributed by atoms with Gasteiger partial charge in [0.25, 0.3) is 0 Å². The Bertz CT molecular complexity index is 702. The summed E-state index contributed by atoms with van der Waals surface area (Å²) in [4.78, 5) is 13.2. The lowest BCUT2D eigenvalue weighted by Crippen LogP contribution is -2.17. The van der Waals surface area contributed by atoms with Gasteiger partial charge >= 0.3 is 0 Å². The minimum absolute atomic E-state index is 0.0795. The van der Waals surface area contributed by atoms with Crippen LogP contribution in [0.5, 0.6) is 11.5 Å². The fraction of sp³-hybridized carbons (Fsp3) is 0.381. The summed E-state index contributed by atoms with van der Waals surface area (Å²) >= 11 is 0. The number of carbonyl (C=O) groups excluding carboxylic acids is 1. The molecule has 0 bridgehead atoms. The topological polar surface area (TPSA) is 54.0 Å². The number of Topliss-reactive ketones (excluding diaryl/α,β-unsaturated/α-hetero) is 1. The molecule has 0 N–H and O–H groups in total. The third-order valence-electron chi connectivity index (χ3n) is 4.59. The Kier molecular flexibility index (Phi) is 6.26. The predicted octanol–water partition coefficient (Wildman–Crippen LogP) is 3.82. The molecule has 1 aliphatic rings. The van der Waals surface area contributed by atoms with Crippen LogP contribution in [0.25, 0.3) is 0 Å². The number of ketones is 1. The maximum Gasteiger partial charge on any atom is 0.170 e. The van der Waals surface area contributed by atoms with Crippen LogP contribution in [-0.2, 0) is 9.47 Å². The minimum atomic E-state index is -0.262. The highest BCUT2D eigenvalue weighted by Gasteiger charge is 2.25. The highest BCUT2D eigenvalue weighted by molar-refractivity contribution is 6.01. The molecular formula is C21H24O5. The zero-order chi connectivity index (χ0) is 18.4. The standard InChI is InChI=1S/C21H24O5/c1-23-17-7-3-15(4-8-17)19(11-12-20-25-13-14-26-20)21(22)16-5-9-18(24-2)10-6-16/h3-10,19-20H,11-14H2,1-2H3/t19-/m0/s1. The summed E-state index contributed by atoms with van der Waals surface area (Å²) in [7, 11) is 3.24. The van der Waals surface area contributed by atoms with Gasteiger partial charge in [-0.3, -0.25) is 4.79 Å². The molecule has 1 fully saturated rings. The maximum absolute atomic E-state index is 13.2. The summed E-state index contributed by atoms with van der Waals surface area (Å²) in [5, 5.41) is 0. The molecule has 1 heterocycles. The SMILES string of the molecule is COc1ccc(C(=O)[C@@H](CCC2OCCO2)c2ccc(OC)cc2)cc1. The van der Waals surface area contributed by atoms with Crippen molar-refractivity contribution in [3.8, 4) is 11.5 Å². The van der Waals surface area contributed by atoms with Gasteiger partial charge < -0.3 is 18.9 Å². The predicted molar refractivity (Wildman–Crippen MR) is 98.0 cm³/mol. The monoisotopic (exact) mass is 356 g/mol. The van der Waals surface area contributed by atoms with Crippen molar-refractivity contribution in [2.45, 2.75) is 25.0 Å². The van der Waals surface area contributed by atoms with Gasteiger partial charge in [0.2, 0.25) is 0 Å². The van der Waals surface area contributed by atoms with E-state index in [0.29, 0.717) is 31.6 Å². The molecule has 2 aromatic rings. The van der Waals surface area contributed by atoms with Crippen molar-refractivity contribution in [3.63, 3.8) is 0 Å². The second-order valence-electron chi connectivity index (χ2n) is 6.17. The zero-order valence-corrected chi connectivity index (χ0v) is 15.1. The number of carbonyl (C=O) groups is 1. The summed E-state index contributed by atoms with van der Waals surface area (Å²) in [6, 6.07) is 14.9. The third-order valence-corrected chi connectivity index (χ3v) is 4.59. The van der Waals surface area contributed by atoms with Gasteiger partial charge in [-0.25, -0.2) is 0 Å². The molecule has 1 saturated heterocycles. The molecule has 3 rings (SSSR count). The van der Waals surface area contributed by atoms with Crippen molar-refractivity contribution in [1.82, 2.24) is 0 Å². The van der Waals surface area contributed by atoms with E-state index in [4.69, 9.17) is 18.9 Å². The molecule has 0 unspecified atom stereocenters. The minimum Gasteiger partial charge on any atom is -0.497 e. The van der Waals surface area contributed by atoms with E-state index in [0.717, 1.165) is 17.1 Å². The number of rotatable bonds is 8. The first-order valence-electron chi connectivity index (χ1n) is 8.76. The van der Waals surface area contributed by atoms with E-state index in [2.05, 4.69) is 0 Å². The molecule has 26 heavy (non-hydrogen) atoms. The molecule has 0 spiro atoms. The molecule has 138 valence electrons. The van der Waals surface area contributed by atoms with Crippen LogP contribution in [0.15, 0.2) is 48.5 Å². The van der Waals surface area contributed by atoms with E-state index in [9.17, 15) is 4.79 Å². The van der Waals surface area contributed by atoms with E-state index in [1.54, 1.807) is 26.4 Å². The molecule has 0 amide bonds. The van der Waals surface area contributed by atoms with Crippen LogP contribution in [0.3, 0.4) is 0 Å². The molecule has 5 nitrogen and oxygen atoms in total. The quantitative estimate of drug-likeness (QED) is 0.673. The van der Waals surface area contributed by atoms with Crippen molar-refractivity contribution < 1.29 is 23.7 Å². The first-order chi connectivity index (χ1) is 12.7. The Balaban J connectivity index is 1.80. The van der Waals surface area contributed by atoms with Crippen molar-refractivity contribution in [2.75, 3.05) is 27.4 Å². The second-order valence-corrected chi connectivity index (χ2v) is 6.17. The summed E-state index contributed by atoms with van der Waals surface area (Å²) in [6.07, 6.45) is 1.11. The molecule has 2 aromatic carbocycles. The van der Waals surface area contributed by atoms with Crippen molar-refractivity contribution in [3.05, 3.63) is 59.7 Å². The molecule has 0 aromatic heterocycles. The van der Waals surface area contributed by atoms with Crippen molar-refractivity contribution >= 4 is 5.78 Å². The Labute approximate surface area is 153 Å². The van der Waals surface area contributed by atoms with Gasteiger partial charge in [0.15, 0.2) is 12.1 Å². The average molecular weight is 356 g/mol. The van der Waals surface area contributed by atoms with Gasteiger partial charge in [-0.15, -0.1) is 0 Å². The largest absolute Gasteiger partial charge is 0.497 e. The molecule has 0 radical (unpaired) electrons. The Hall–Kier alpha value is -2.37. The van der Waals surface area contributed by atoms with Gasteiger partial charge in [-0.05, 0) is 54.8 Å². The molecule has 0 aliphatic carbocycles. The fourth-order valence-electron chi connectivity index (χ4n) is 3.12. The summed E-state index contributed by atoms with van der Waals surface area (Å²) in [6.45, 7) is 1.23. The van der Waals surface area contributed by atoms with Crippen LogP contribution in [-0.4, -0.2) is 39.5 Å². The molecule has 5 heteroatoms. The average Bonchev–Trinajstić information content (AvgIpc) is 3.22. The van der Waals surface area contributed by atoms with E-state index in [1.807, 2.05) is 36.4 Å². The lowest BCUT2D eigenvalue weighted by atomic mass is 9.87. The molecule has 1 aliphatic heterocycles. The van der Waals surface area contributed by atoms with Gasteiger partial charge in [0.05, 0.1) is 27.4 Å². The van der Waals surface area contributed by atoms with Crippen LogP contribution in [0.4, 0.5) is 0 Å². The van der Waals surface area contributed by atoms with Crippen LogP contribution in [0.2, 0.25) is 0 Å². The van der Waals surface area contributed by atoms with Crippen LogP contribution < -0.4 is 9.47 Å².